The monoisotopic (exact) mass is 271 g/mol. The van der Waals surface area contributed by atoms with Gasteiger partial charge in [-0.15, -0.1) is 11.8 Å². The maximum atomic E-state index is 13.3. The molecule has 5 heteroatoms. The summed E-state index contributed by atoms with van der Waals surface area (Å²) in [5.41, 5.74) is 0. The highest BCUT2D eigenvalue weighted by atomic mass is 32.2. The predicted molar refractivity (Wildman–Crippen MR) is 71.0 cm³/mol. The molecule has 2 N–H and O–H groups in total. The van der Waals surface area contributed by atoms with Crippen LogP contribution in [0.4, 0.5) is 4.39 Å². The average molecular weight is 271 g/mol. The number of benzene rings is 1. The van der Waals surface area contributed by atoms with Gasteiger partial charge in [-0.3, -0.25) is 4.79 Å². The molecule has 100 valence electrons. The van der Waals surface area contributed by atoms with Crippen LogP contribution in [0, 0.1) is 5.82 Å². The summed E-state index contributed by atoms with van der Waals surface area (Å²) < 4.78 is 13.3. The van der Waals surface area contributed by atoms with E-state index < -0.39 is 0 Å². The lowest BCUT2D eigenvalue weighted by molar-refractivity contribution is -0.121. The molecule has 1 aromatic carbocycles. The molecule has 0 spiro atoms. The lowest BCUT2D eigenvalue weighted by Gasteiger charge is -2.13. The lowest BCUT2D eigenvalue weighted by Crippen LogP contribution is -2.37. The summed E-state index contributed by atoms with van der Waals surface area (Å²) in [6.45, 7) is 1.85. The van der Waals surface area contributed by atoms with Crippen LogP contribution in [0.2, 0.25) is 0 Å². The van der Waals surface area contributed by atoms with E-state index in [2.05, 4.69) is 5.32 Å². The summed E-state index contributed by atoms with van der Waals surface area (Å²) in [7, 11) is 0. The van der Waals surface area contributed by atoms with Crippen molar-refractivity contribution < 1.29 is 14.3 Å². The molecular weight excluding hydrogens is 253 g/mol. The third kappa shape index (κ3) is 5.06. The molecular formula is C13H18FNO2S. The Balaban J connectivity index is 2.29. The third-order valence-electron chi connectivity index (χ3n) is 2.50. The van der Waals surface area contributed by atoms with Crippen LogP contribution in [0.1, 0.15) is 19.8 Å². The summed E-state index contributed by atoms with van der Waals surface area (Å²) in [4.78, 5) is 12.1. The number of carbonyl (C=O) groups excluding carboxylic acids is 1. The van der Waals surface area contributed by atoms with Crippen molar-refractivity contribution in [3.05, 3.63) is 30.1 Å². The summed E-state index contributed by atoms with van der Waals surface area (Å²) in [5.74, 6) is 0.152. The van der Waals surface area contributed by atoms with Gasteiger partial charge in [0.15, 0.2) is 0 Å². The van der Waals surface area contributed by atoms with E-state index >= 15 is 0 Å². The molecule has 0 fully saturated rings. The molecule has 0 aliphatic carbocycles. The zero-order valence-corrected chi connectivity index (χ0v) is 11.2. The highest BCUT2D eigenvalue weighted by Gasteiger charge is 2.09. The van der Waals surface area contributed by atoms with Gasteiger partial charge in [-0.1, -0.05) is 19.1 Å². The summed E-state index contributed by atoms with van der Waals surface area (Å²) >= 11 is 1.32. The number of nitrogens with one attached hydrogen (secondary N) is 1. The van der Waals surface area contributed by atoms with Gasteiger partial charge in [-0.05, 0) is 18.6 Å². The van der Waals surface area contributed by atoms with Gasteiger partial charge >= 0.3 is 0 Å². The first-order chi connectivity index (χ1) is 8.67. The number of carbonyl (C=O) groups is 1. The van der Waals surface area contributed by atoms with Crippen LogP contribution in [0.25, 0.3) is 0 Å². The van der Waals surface area contributed by atoms with Gasteiger partial charge < -0.3 is 10.4 Å². The van der Waals surface area contributed by atoms with Crippen molar-refractivity contribution in [2.45, 2.75) is 30.7 Å². The standard InChI is InChI=1S/C13H18FNO2S/c1-2-10(9-16)15-13(17)7-8-18-12-6-4-3-5-11(12)14/h3-6,10,16H,2,7-9H2,1H3,(H,15,17)/t10-/m0/s1. The quantitative estimate of drug-likeness (QED) is 0.747. The number of rotatable bonds is 7. The maximum Gasteiger partial charge on any atom is 0.221 e. The van der Waals surface area contributed by atoms with Crippen molar-refractivity contribution in [2.24, 2.45) is 0 Å². The number of hydrogen-bond acceptors (Lipinski definition) is 3. The molecule has 1 amide bonds. The highest BCUT2D eigenvalue weighted by Crippen LogP contribution is 2.21. The molecule has 0 bridgehead atoms. The van der Waals surface area contributed by atoms with Gasteiger partial charge in [0, 0.05) is 17.1 Å². The minimum Gasteiger partial charge on any atom is -0.394 e. The fraction of sp³-hybridized carbons (Fsp3) is 0.462. The van der Waals surface area contributed by atoms with Gasteiger partial charge in [0.2, 0.25) is 5.91 Å². The van der Waals surface area contributed by atoms with Gasteiger partial charge in [0.1, 0.15) is 5.82 Å². The minimum absolute atomic E-state index is 0.0529. The van der Waals surface area contributed by atoms with Gasteiger partial charge in [-0.25, -0.2) is 4.39 Å². The molecule has 0 aromatic heterocycles. The molecule has 0 saturated heterocycles. The van der Waals surface area contributed by atoms with Crippen LogP contribution in [0.3, 0.4) is 0 Å². The molecule has 0 unspecified atom stereocenters. The Morgan fingerprint density at radius 3 is 2.83 bits per heavy atom. The summed E-state index contributed by atoms with van der Waals surface area (Å²) in [6, 6.07) is 6.32. The largest absolute Gasteiger partial charge is 0.394 e. The predicted octanol–water partition coefficient (Wildman–Crippen LogP) is 2.20. The molecule has 1 aromatic rings. The van der Waals surface area contributed by atoms with Gasteiger partial charge in [0.05, 0.1) is 12.6 Å². The van der Waals surface area contributed by atoms with Crippen molar-refractivity contribution in [3.63, 3.8) is 0 Å². The Hall–Kier alpha value is -1.07. The van der Waals surface area contributed by atoms with Crippen molar-refractivity contribution in [3.8, 4) is 0 Å². The van der Waals surface area contributed by atoms with Crippen molar-refractivity contribution in [1.29, 1.82) is 0 Å². The second-order valence-electron chi connectivity index (χ2n) is 3.88. The average Bonchev–Trinajstić information content (AvgIpc) is 2.38. The van der Waals surface area contributed by atoms with Crippen LogP contribution < -0.4 is 5.32 Å². The number of thioether (sulfide) groups is 1. The van der Waals surface area contributed by atoms with Crippen molar-refractivity contribution in [1.82, 2.24) is 5.32 Å². The molecule has 0 radical (unpaired) electrons. The first-order valence-electron chi connectivity index (χ1n) is 5.95. The van der Waals surface area contributed by atoms with Crippen LogP contribution >= 0.6 is 11.8 Å². The van der Waals surface area contributed by atoms with E-state index in [0.717, 1.165) is 0 Å². The first kappa shape index (κ1) is 15.0. The maximum absolute atomic E-state index is 13.3. The molecule has 0 aliphatic rings. The number of hydrogen-bond donors (Lipinski definition) is 2. The Labute approximate surface area is 111 Å². The normalized spacial score (nSPS) is 12.2. The topological polar surface area (TPSA) is 49.3 Å². The van der Waals surface area contributed by atoms with Crippen molar-refractivity contribution >= 4 is 17.7 Å². The van der Waals surface area contributed by atoms with E-state index in [4.69, 9.17) is 5.11 Å². The second-order valence-corrected chi connectivity index (χ2v) is 5.02. The van der Waals surface area contributed by atoms with Crippen LogP contribution in [0.15, 0.2) is 29.2 Å². The zero-order chi connectivity index (χ0) is 13.4. The van der Waals surface area contributed by atoms with E-state index in [1.807, 2.05) is 6.92 Å². The van der Waals surface area contributed by atoms with Crippen LogP contribution in [-0.4, -0.2) is 29.4 Å². The minimum atomic E-state index is -0.260. The van der Waals surface area contributed by atoms with E-state index in [9.17, 15) is 9.18 Å². The Morgan fingerprint density at radius 1 is 1.50 bits per heavy atom. The number of aliphatic hydroxyl groups is 1. The van der Waals surface area contributed by atoms with Gasteiger partial charge in [0.25, 0.3) is 0 Å². The number of aliphatic hydroxyl groups excluding tert-OH is 1. The van der Waals surface area contributed by atoms with E-state index in [-0.39, 0.29) is 24.4 Å². The summed E-state index contributed by atoms with van der Waals surface area (Å²) in [6.07, 6.45) is 1.01. The van der Waals surface area contributed by atoms with Crippen LogP contribution in [-0.2, 0) is 4.79 Å². The number of amides is 1. The fourth-order valence-corrected chi connectivity index (χ4v) is 2.28. The van der Waals surface area contributed by atoms with Crippen LogP contribution in [0.5, 0.6) is 0 Å². The molecule has 3 nitrogen and oxygen atoms in total. The Morgan fingerprint density at radius 2 is 2.22 bits per heavy atom. The van der Waals surface area contributed by atoms with E-state index in [1.165, 1.54) is 17.8 Å². The number of halogens is 1. The molecule has 0 aliphatic heterocycles. The lowest BCUT2D eigenvalue weighted by atomic mass is 10.2. The van der Waals surface area contributed by atoms with E-state index in [0.29, 0.717) is 23.5 Å². The van der Waals surface area contributed by atoms with Gasteiger partial charge in [-0.2, -0.15) is 0 Å². The first-order valence-corrected chi connectivity index (χ1v) is 6.93. The Bertz CT molecular complexity index is 383. The fourth-order valence-electron chi connectivity index (χ4n) is 1.39. The SMILES string of the molecule is CC[C@@H](CO)NC(=O)CCSc1ccccc1F. The smallest absolute Gasteiger partial charge is 0.221 e. The molecule has 1 atom stereocenters. The Kier molecular flexibility index (Phi) is 6.75. The molecule has 18 heavy (non-hydrogen) atoms. The second kappa shape index (κ2) is 8.11. The molecule has 0 heterocycles. The third-order valence-corrected chi connectivity index (χ3v) is 3.55. The van der Waals surface area contributed by atoms with Crippen molar-refractivity contribution in [2.75, 3.05) is 12.4 Å². The molecule has 1 rings (SSSR count). The van der Waals surface area contributed by atoms with E-state index in [1.54, 1.807) is 18.2 Å². The highest BCUT2D eigenvalue weighted by molar-refractivity contribution is 7.99. The zero-order valence-electron chi connectivity index (χ0n) is 10.4. The summed E-state index contributed by atoms with van der Waals surface area (Å²) in [5, 5.41) is 11.7. The molecule has 0 saturated carbocycles.